The van der Waals surface area contributed by atoms with Crippen molar-refractivity contribution in [3.63, 3.8) is 0 Å². The molecule has 0 aliphatic heterocycles. The lowest BCUT2D eigenvalue weighted by molar-refractivity contribution is -0.389. The van der Waals surface area contributed by atoms with Gasteiger partial charge in [0.15, 0.2) is 5.69 Å². The standard InChI is InChI=1S/C18H16N4O3/c23-18(19-12-14-7-3-1-4-8-14)16-11-17(22(24)25)20-21(16)13-15-9-5-2-6-10-15/h1-11H,12-13H2,(H,19,23). The van der Waals surface area contributed by atoms with Crippen molar-refractivity contribution in [3.8, 4) is 0 Å². The van der Waals surface area contributed by atoms with Gasteiger partial charge in [0, 0.05) is 6.54 Å². The predicted molar refractivity (Wildman–Crippen MR) is 92.0 cm³/mol. The van der Waals surface area contributed by atoms with Crippen LogP contribution in [0.3, 0.4) is 0 Å². The van der Waals surface area contributed by atoms with Crippen molar-refractivity contribution >= 4 is 11.7 Å². The molecule has 0 atom stereocenters. The van der Waals surface area contributed by atoms with Crippen molar-refractivity contribution < 1.29 is 9.72 Å². The smallest absolute Gasteiger partial charge is 0.358 e. The van der Waals surface area contributed by atoms with Crippen LogP contribution >= 0.6 is 0 Å². The zero-order chi connectivity index (χ0) is 17.6. The summed E-state index contributed by atoms with van der Waals surface area (Å²) in [6.07, 6.45) is 0. The van der Waals surface area contributed by atoms with Crippen LogP contribution in [0.25, 0.3) is 0 Å². The maximum atomic E-state index is 12.5. The van der Waals surface area contributed by atoms with Crippen LogP contribution in [-0.2, 0) is 13.1 Å². The second-order valence-electron chi connectivity index (χ2n) is 5.46. The summed E-state index contributed by atoms with van der Waals surface area (Å²) in [7, 11) is 0. The Morgan fingerprint density at radius 1 is 1.04 bits per heavy atom. The highest BCUT2D eigenvalue weighted by Crippen LogP contribution is 2.14. The molecule has 1 aromatic heterocycles. The van der Waals surface area contributed by atoms with Crippen LogP contribution in [0, 0.1) is 10.1 Å². The Kier molecular flexibility index (Phi) is 4.84. The van der Waals surface area contributed by atoms with Gasteiger partial charge in [-0.25, -0.2) is 0 Å². The molecular formula is C18H16N4O3. The number of benzene rings is 2. The Morgan fingerprint density at radius 2 is 1.64 bits per heavy atom. The Morgan fingerprint density at radius 3 is 2.24 bits per heavy atom. The van der Waals surface area contributed by atoms with E-state index in [0.717, 1.165) is 11.1 Å². The van der Waals surface area contributed by atoms with Crippen molar-refractivity contribution in [1.82, 2.24) is 15.1 Å². The first kappa shape index (κ1) is 16.4. The summed E-state index contributed by atoms with van der Waals surface area (Å²) < 4.78 is 1.35. The quantitative estimate of drug-likeness (QED) is 0.553. The molecule has 1 amide bonds. The van der Waals surface area contributed by atoms with Crippen molar-refractivity contribution in [3.05, 3.63) is 93.7 Å². The highest BCUT2D eigenvalue weighted by atomic mass is 16.6. The minimum Gasteiger partial charge on any atom is -0.358 e. The Bertz CT molecular complexity index is 876. The molecule has 0 saturated heterocycles. The molecule has 0 radical (unpaired) electrons. The number of hydrogen-bond donors (Lipinski definition) is 1. The summed E-state index contributed by atoms with van der Waals surface area (Å²) >= 11 is 0. The largest absolute Gasteiger partial charge is 0.390 e. The Labute approximate surface area is 144 Å². The number of rotatable bonds is 6. The zero-order valence-electron chi connectivity index (χ0n) is 13.3. The van der Waals surface area contributed by atoms with Crippen LogP contribution in [0.4, 0.5) is 5.82 Å². The SMILES string of the molecule is O=C(NCc1ccccc1)c1cc([N+](=O)[O-])nn1Cc1ccccc1. The molecule has 0 spiro atoms. The van der Waals surface area contributed by atoms with Crippen molar-refractivity contribution in [2.24, 2.45) is 0 Å². The number of carbonyl (C=O) groups excluding carboxylic acids is 1. The maximum Gasteiger partial charge on any atom is 0.390 e. The van der Waals surface area contributed by atoms with E-state index >= 15 is 0 Å². The van der Waals surface area contributed by atoms with E-state index in [1.165, 1.54) is 10.7 Å². The molecule has 0 saturated carbocycles. The third-order valence-electron chi connectivity index (χ3n) is 3.66. The van der Waals surface area contributed by atoms with Gasteiger partial charge in [0.1, 0.15) is 0 Å². The van der Waals surface area contributed by atoms with Crippen molar-refractivity contribution in [1.29, 1.82) is 0 Å². The molecule has 0 fully saturated rings. The van der Waals surface area contributed by atoms with E-state index < -0.39 is 10.8 Å². The number of nitrogens with one attached hydrogen (secondary N) is 1. The molecule has 3 rings (SSSR count). The summed E-state index contributed by atoms with van der Waals surface area (Å²) in [5.41, 5.74) is 2.00. The minimum atomic E-state index is -0.602. The van der Waals surface area contributed by atoms with Gasteiger partial charge < -0.3 is 15.4 Å². The lowest BCUT2D eigenvalue weighted by Gasteiger charge is -2.06. The number of aromatic nitrogens is 2. The van der Waals surface area contributed by atoms with E-state index in [2.05, 4.69) is 10.4 Å². The van der Waals surface area contributed by atoms with Gasteiger partial charge in [-0.15, -0.1) is 0 Å². The first-order valence-electron chi connectivity index (χ1n) is 7.72. The summed E-state index contributed by atoms with van der Waals surface area (Å²) in [5.74, 6) is -0.749. The van der Waals surface area contributed by atoms with Gasteiger partial charge in [-0.1, -0.05) is 60.7 Å². The van der Waals surface area contributed by atoms with E-state index in [0.29, 0.717) is 6.54 Å². The van der Waals surface area contributed by atoms with Gasteiger partial charge >= 0.3 is 5.82 Å². The molecule has 2 aromatic carbocycles. The zero-order valence-corrected chi connectivity index (χ0v) is 13.3. The molecular weight excluding hydrogens is 320 g/mol. The summed E-state index contributed by atoms with van der Waals surface area (Å²) in [5, 5.41) is 17.7. The third-order valence-corrected chi connectivity index (χ3v) is 3.66. The molecule has 7 nitrogen and oxygen atoms in total. The van der Waals surface area contributed by atoms with Gasteiger partial charge in [-0.05, 0) is 16.1 Å². The monoisotopic (exact) mass is 336 g/mol. The third kappa shape index (κ3) is 4.08. The highest BCUT2D eigenvalue weighted by Gasteiger charge is 2.23. The summed E-state index contributed by atoms with van der Waals surface area (Å²) in [6.45, 7) is 0.618. The number of nitrogens with zero attached hydrogens (tertiary/aromatic N) is 3. The summed E-state index contributed by atoms with van der Waals surface area (Å²) in [4.78, 5) is 22.9. The first-order chi connectivity index (χ1) is 12.1. The van der Waals surface area contributed by atoms with E-state index in [-0.39, 0.29) is 18.1 Å². The van der Waals surface area contributed by atoms with Gasteiger partial charge in [0.2, 0.25) is 0 Å². The van der Waals surface area contributed by atoms with Crippen LogP contribution in [0.15, 0.2) is 66.7 Å². The normalized spacial score (nSPS) is 10.4. The van der Waals surface area contributed by atoms with Crippen LogP contribution in [0.2, 0.25) is 0 Å². The molecule has 0 aliphatic carbocycles. The topological polar surface area (TPSA) is 90.1 Å². The molecule has 7 heteroatoms. The van der Waals surface area contributed by atoms with Gasteiger partial charge in [-0.2, -0.15) is 4.68 Å². The number of amides is 1. The van der Waals surface area contributed by atoms with Gasteiger partial charge in [0.05, 0.1) is 17.7 Å². The Balaban J connectivity index is 1.81. The van der Waals surface area contributed by atoms with Gasteiger partial charge in [-0.3, -0.25) is 4.79 Å². The van der Waals surface area contributed by atoms with Crippen LogP contribution in [0.5, 0.6) is 0 Å². The first-order valence-corrected chi connectivity index (χ1v) is 7.72. The fourth-order valence-corrected chi connectivity index (χ4v) is 2.42. The second-order valence-corrected chi connectivity index (χ2v) is 5.46. The predicted octanol–water partition coefficient (Wildman–Crippen LogP) is 2.77. The minimum absolute atomic E-state index is 0.159. The van der Waals surface area contributed by atoms with Crippen molar-refractivity contribution in [2.45, 2.75) is 13.1 Å². The highest BCUT2D eigenvalue weighted by molar-refractivity contribution is 5.93. The van der Waals surface area contributed by atoms with Gasteiger partial charge in [0.25, 0.3) is 5.91 Å². The Hall–Kier alpha value is -3.48. The number of hydrogen-bond acceptors (Lipinski definition) is 4. The molecule has 3 aromatic rings. The number of nitro groups is 1. The molecule has 0 bridgehead atoms. The van der Waals surface area contributed by atoms with E-state index in [1.54, 1.807) is 0 Å². The number of carbonyl (C=O) groups is 1. The lowest BCUT2D eigenvalue weighted by Crippen LogP contribution is -2.26. The van der Waals surface area contributed by atoms with E-state index in [1.807, 2.05) is 60.7 Å². The molecule has 1 N–H and O–H groups in total. The van der Waals surface area contributed by atoms with E-state index in [4.69, 9.17) is 0 Å². The lowest BCUT2D eigenvalue weighted by atomic mass is 10.2. The van der Waals surface area contributed by atoms with Crippen LogP contribution in [0.1, 0.15) is 21.6 Å². The average Bonchev–Trinajstić information content (AvgIpc) is 3.06. The van der Waals surface area contributed by atoms with Crippen molar-refractivity contribution in [2.75, 3.05) is 0 Å². The second kappa shape index (κ2) is 7.39. The molecule has 25 heavy (non-hydrogen) atoms. The van der Waals surface area contributed by atoms with Crippen LogP contribution in [-0.4, -0.2) is 20.6 Å². The van der Waals surface area contributed by atoms with E-state index in [9.17, 15) is 14.9 Å². The van der Waals surface area contributed by atoms with Crippen LogP contribution < -0.4 is 5.32 Å². The maximum absolute atomic E-state index is 12.5. The molecule has 0 unspecified atom stereocenters. The molecule has 1 heterocycles. The fraction of sp³-hybridized carbons (Fsp3) is 0.111. The summed E-state index contributed by atoms with van der Waals surface area (Å²) in [6, 6.07) is 20.0. The molecule has 126 valence electrons. The fourth-order valence-electron chi connectivity index (χ4n) is 2.42. The average molecular weight is 336 g/mol. The molecule has 0 aliphatic rings.